The zero-order chi connectivity index (χ0) is 15.5. The van der Waals surface area contributed by atoms with Crippen LogP contribution in [-0.4, -0.2) is 40.9 Å². The first kappa shape index (κ1) is 15.5. The van der Waals surface area contributed by atoms with Crippen LogP contribution < -0.4 is 5.73 Å². The van der Waals surface area contributed by atoms with E-state index >= 15 is 0 Å². The topological polar surface area (TPSA) is 126 Å². The molecule has 21 heavy (non-hydrogen) atoms. The van der Waals surface area contributed by atoms with Gasteiger partial charge < -0.3 is 5.73 Å². The van der Waals surface area contributed by atoms with Crippen LogP contribution in [0.25, 0.3) is 0 Å². The second kappa shape index (κ2) is 6.27. The summed E-state index contributed by atoms with van der Waals surface area (Å²) in [5, 5.41) is 14.5. The van der Waals surface area contributed by atoms with Crippen LogP contribution in [0.5, 0.6) is 0 Å². The van der Waals surface area contributed by atoms with Crippen LogP contribution in [0.2, 0.25) is 0 Å². The minimum Gasteiger partial charge on any atom is -0.384 e. The molecule has 0 unspecified atom stereocenters. The molecule has 0 aliphatic carbocycles. The van der Waals surface area contributed by atoms with E-state index in [0.717, 1.165) is 0 Å². The number of nitrogens with one attached hydrogen (secondary N) is 2. The van der Waals surface area contributed by atoms with Crippen molar-refractivity contribution in [3.8, 4) is 0 Å². The number of H-pyrrole nitrogens is 1. The highest BCUT2D eigenvalue weighted by Crippen LogP contribution is 2.17. The molecule has 0 radical (unpaired) electrons. The van der Waals surface area contributed by atoms with Crippen molar-refractivity contribution in [2.75, 3.05) is 11.5 Å². The number of benzene rings is 1. The highest BCUT2D eigenvalue weighted by molar-refractivity contribution is 8.00. The van der Waals surface area contributed by atoms with E-state index in [1.807, 2.05) is 0 Å². The predicted octanol–water partition coefficient (Wildman–Crippen LogP) is 0.963. The summed E-state index contributed by atoms with van der Waals surface area (Å²) in [6.07, 6.45) is 0. The molecule has 9 heteroatoms. The molecule has 0 spiro atoms. The van der Waals surface area contributed by atoms with Gasteiger partial charge in [-0.1, -0.05) is 23.9 Å². The van der Waals surface area contributed by atoms with Gasteiger partial charge in [0.05, 0.1) is 10.6 Å². The fraction of sp³-hybridized carbons (Fsp3) is 0.250. The van der Waals surface area contributed by atoms with E-state index in [4.69, 9.17) is 11.1 Å². The zero-order valence-electron chi connectivity index (χ0n) is 11.3. The lowest BCUT2D eigenvalue weighted by Gasteiger charge is -2.05. The predicted molar refractivity (Wildman–Crippen MR) is 81.4 cm³/mol. The summed E-state index contributed by atoms with van der Waals surface area (Å²) >= 11 is 1.27. The molecule has 1 heterocycles. The first-order valence-corrected chi connectivity index (χ1v) is 8.71. The van der Waals surface area contributed by atoms with E-state index in [1.54, 1.807) is 19.1 Å². The van der Waals surface area contributed by atoms with Gasteiger partial charge in [0.25, 0.3) is 0 Å². The number of hydrogen-bond donors (Lipinski definition) is 3. The lowest BCUT2D eigenvalue weighted by atomic mass is 10.2. The summed E-state index contributed by atoms with van der Waals surface area (Å²) in [5.74, 6) is 0.850. The first-order chi connectivity index (χ1) is 9.88. The number of nitrogen functional groups attached to an aromatic ring is 1. The van der Waals surface area contributed by atoms with Gasteiger partial charge in [-0.05, 0) is 19.1 Å². The number of aromatic nitrogens is 3. The van der Waals surface area contributed by atoms with Gasteiger partial charge in [-0.3, -0.25) is 10.5 Å². The normalized spacial score (nSPS) is 11.5. The van der Waals surface area contributed by atoms with Gasteiger partial charge in [-0.2, -0.15) is 0 Å². The fourth-order valence-electron chi connectivity index (χ4n) is 1.60. The molecule has 2 rings (SSSR count). The average molecular weight is 325 g/mol. The van der Waals surface area contributed by atoms with Crippen LogP contribution >= 0.6 is 11.8 Å². The summed E-state index contributed by atoms with van der Waals surface area (Å²) in [6.45, 7) is 1.78. The maximum Gasteiger partial charge on any atom is 0.208 e. The number of aromatic amines is 1. The lowest BCUT2D eigenvalue weighted by molar-refractivity contribution is 0.597. The Morgan fingerprint density at radius 3 is 2.86 bits per heavy atom. The Morgan fingerprint density at radius 1 is 1.48 bits per heavy atom. The number of amidine groups is 1. The van der Waals surface area contributed by atoms with Crippen LogP contribution in [0.15, 0.2) is 34.3 Å². The number of hydrogen-bond acceptors (Lipinski definition) is 6. The third-order valence-corrected chi connectivity index (χ3v) is 5.49. The molecule has 0 aliphatic heterocycles. The van der Waals surface area contributed by atoms with Gasteiger partial charge in [0.15, 0.2) is 9.84 Å². The number of thioether (sulfide) groups is 1. The molecule has 1 aromatic heterocycles. The lowest BCUT2D eigenvalue weighted by Crippen LogP contribution is -2.13. The highest BCUT2D eigenvalue weighted by Gasteiger charge is 2.16. The van der Waals surface area contributed by atoms with Crippen LogP contribution in [-0.2, 0) is 9.84 Å². The number of nitrogens with two attached hydrogens (primary N) is 1. The van der Waals surface area contributed by atoms with Gasteiger partial charge in [0, 0.05) is 11.3 Å². The summed E-state index contributed by atoms with van der Waals surface area (Å²) in [5.41, 5.74) is 5.77. The molecule has 0 aliphatic rings. The van der Waals surface area contributed by atoms with Crippen LogP contribution in [0.4, 0.5) is 0 Å². The Balaban J connectivity index is 2.04. The third kappa shape index (κ3) is 4.05. The number of nitrogens with zero attached hydrogens (tertiary/aromatic N) is 2. The van der Waals surface area contributed by atoms with E-state index in [1.165, 1.54) is 23.9 Å². The smallest absolute Gasteiger partial charge is 0.208 e. The van der Waals surface area contributed by atoms with Gasteiger partial charge in [-0.15, -0.1) is 5.10 Å². The zero-order valence-corrected chi connectivity index (χ0v) is 13.0. The standard InChI is InChI=1S/C12H15N5O2S2/c1-8-15-12(17-16-8)20-5-6-21(18,19)10-4-2-3-9(7-10)11(13)14/h2-4,7H,5-6H2,1H3,(H3,13,14)(H,15,16,17). The van der Waals surface area contributed by atoms with Gasteiger partial charge in [-0.25, -0.2) is 13.4 Å². The average Bonchev–Trinajstić information content (AvgIpc) is 2.84. The molecule has 112 valence electrons. The van der Waals surface area contributed by atoms with E-state index in [-0.39, 0.29) is 16.5 Å². The van der Waals surface area contributed by atoms with Gasteiger partial charge >= 0.3 is 0 Å². The van der Waals surface area contributed by atoms with E-state index < -0.39 is 9.84 Å². The van der Waals surface area contributed by atoms with Crippen LogP contribution in [0.1, 0.15) is 11.4 Å². The molecule has 0 amide bonds. The Kier molecular flexibility index (Phi) is 4.63. The monoisotopic (exact) mass is 325 g/mol. The van der Waals surface area contributed by atoms with Crippen molar-refractivity contribution in [2.24, 2.45) is 5.73 Å². The Morgan fingerprint density at radius 2 is 2.24 bits per heavy atom. The van der Waals surface area contributed by atoms with E-state index in [2.05, 4.69) is 15.2 Å². The molecule has 0 saturated heterocycles. The quantitative estimate of drug-likeness (QED) is 0.413. The molecule has 1 aromatic carbocycles. The summed E-state index contributed by atoms with van der Waals surface area (Å²) in [6, 6.07) is 6.10. The number of rotatable bonds is 6. The molecule has 2 aromatic rings. The number of aryl methyl sites for hydroxylation is 1. The SMILES string of the molecule is Cc1nc(SCCS(=O)(=O)c2cccc(C(=N)N)c2)n[nH]1. The molecule has 0 fully saturated rings. The van der Waals surface area contributed by atoms with Crippen molar-refractivity contribution >= 4 is 27.4 Å². The largest absolute Gasteiger partial charge is 0.384 e. The van der Waals surface area contributed by atoms with Crippen LogP contribution in [0, 0.1) is 12.3 Å². The minimum absolute atomic E-state index is 0.0351. The minimum atomic E-state index is -3.42. The van der Waals surface area contributed by atoms with Crippen molar-refractivity contribution < 1.29 is 8.42 Å². The molecule has 0 saturated carbocycles. The van der Waals surface area contributed by atoms with Gasteiger partial charge in [0.1, 0.15) is 11.7 Å². The third-order valence-electron chi connectivity index (χ3n) is 2.66. The van der Waals surface area contributed by atoms with Gasteiger partial charge in [0.2, 0.25) is 5.16 Å². The highest BCUT2D eigenvalue weighted by atomic mass is 32.2. The van der Waals surface area contributed by atoms with E-state index in [0.29, 0.717) is 22.3 Å². The molecule has 4 N–H and O–H groups in total. The van der Waals surface area contributed by atoms with Crippen molar-refractivity contribution in [1.82, 2.24) is 15.2 Å². The van der Waals surface area contributed by atoms with Crippen LogP contribution in [0.3, 0.4) is 0 Å². The van der Waals surface area contributed by atoms with Crippen molar-refractivity contribution in [2.45, 2.75) is 17.0 Å². The summed E-state index contributed by atoms with van der Waals surface area (Å²) in [7, 11) is -3.42. The molecular formula is C12H15N5O2S2. The van der Waals surface area contributed by atoms with Crippen molar-refractivity contribution in [3.63, 3.8) is 0 Å². The molecule has 7 nitrogen and oxygen atoms in total. The van der Waals surface area contributed by atoms with Crippen molar-refractivity contribution in [3.05, 3.63) is 35.7 Å². The second-order valence-electron chi connectivity index (χ2n) is 4.31. The molecule has 0 bridgehead atoms. The Bertz CT molecular complexity index is 755. The summed E-state index contributed by atoms with van der Waals surface area (Å²) < 4.78 is 24.5. The Hall–Kier alpha value is -1.87. The maximum atomic E-state index is 12.2. The maximum absolute atomic E-state index is 12.2. The first-order valence-electron chi connectivity index (χ1n) is 6.07. The Labute approximate surface area is 126 Å². The van der Waals surface area contributed by atoms with E-state index in [9.17, 15) is 8.42 Å². The summed E-state index contributed by atoms with van der Waals surface area (Å²) in [4.78, 5) is 4.27. The molecular weight excluding hydrogens is 310 g/mol. The fourth-order valence-corrected chi connectivity index (χ4v) is 4.14. The second-order valence-corrected chi connectivity index (χ2v) is 7.48. The molecule has 0 atom stereocenters. The number of sulfone groups is 1. The van der Waals surface area contributed by atoms with Crippen molar-refractivity contribution in [1.29, 1.82) is 5.41 Å².